The van der Waals surface area contributed by atoms with E-state index < -0.39 is 0 Å². The van der Waals surface area contributed by atoms with Gasteiger partial charge in [0.1, 0.15) is 0 Å². The average molecular weight is 282 g/mol. The summed E-state index contributed by atoms with van der Waals surface area (Å²) in [6.07, 6.45) is 0. The van der Waals surface area contributed by atoms with E-state index in [0.717, 1.165) is 16.9 Å². The van der Waals surface area contributed by atoms with Gasteiger partial charge in [-0.25, -0.2) is 0 Å². The van der Waals surface area contributed by atoms with Crippen molar-refractivity contribution in [3.8, 4) is 0 Å². The predicted octanol–water partition coefficient (Wildman–Crippen LogP) is 2.93. The molecule has 0 unspecified atom stereocenters. The van der Waals surface area contributed by atoms with E-state index in [1.807, 2.05) is 61.5 Å². The van der Waals surface area contributed by atoms with Crippen molar-refractivity contribution in [3.63, 3.8) is 0 Å². The van der Waals surface area contributed by atoms with E-state index in [9.17, 15) is 4.79 Å². The number of hydrogen-bond donors (Lipinski definition) is 3. The molecular formula is C16H18N4O. The lowest BCUT2D eigenvalue weighted by molar-refractivity contribution is -0.111. The fraction of sp³-hybridized carbons (Fsp3) is 0.125. The van der Waals surface area contributed by atoms with Crippen LogP contribution in [0.5, 0.6) is 0 Å². The normalized spacial score (nSPS) is 10.9. The molecule has 0 saturated carbocycles. The molecule has 0 amide bonds. The van der Waals surface area contributed by atoms with Crippen LogP contribution in [0.2, 0.25) is 0 Å². The van der Waals surface area contributed by atoms with E-state index in [1.54, 1.807) is 0 Å². The third kappa shape index (κ3) is 4.65. The molecule has 0 aliphatic carbocycles. The lowest BCUT2D eigenvalue weighted by atomic mass is 10.2. The molecule has 0 aliphatic rings. The summed E-state index contributed by atoms with van der Waals surface area (Å²) in [5.74, 6) is 0.0407. The number of nitrogens with zero attached hydrogens (tertiary/aromatic N) is 1. The molecule has 0 saturated heterocycles. The van der Waals surface area contributed by atoms with Gasteiger partial charge < -0.3 is 0 Å². The van der Waals surface area contributed by atoms with Crippen LogP contribution in [-0.4, -0.2) is 11.6 Å². The van der Waals surface area contributed by atoms with Gasteiger partial charge >= 0.3 is 0 Å². The fourth-order valence-corrected chi connectivity index (χ4v) is 1.68. The highest BCUT2D eigenvalue weighted by Gasteiger charge is 2.05. The monoisotopic (exact) mass is 282 g/mol. The second-order valence-electron chi connectivity index (χ2n) is 4.61. The molecule has 0 spiro atoms. The molecule has 2 rings (SSSR count). The van der Waals surface area contributed by atoms with Gasteiger partial charge in [0, 0.05) is 6.92 Å². The van der Waals surface area contributed by atoms with Crippen molar-refractivity contribution in [1.29, 1.82) is 0 Å². The summed E-state index contributed by atoms with van der Waals surface area (Å²) >= 11 is 0. The summed E-state index contributed by atoms with van der Waals surface area (Å²) in [7, 11) is 0. The first kappa shape index (κ1) is 14.6. The highest BCUT2D eigenvalue weighted by molar-refractivity contribution is 6.38. The molecule has 5 heteroatoms. The number of aryl methyl sites for hydroxylation is 1. The Balaban J connectivity index is 2.01. The van der Waals surface area contributed by atoms with Crippen LogP contribution >= 0.6 is 0 Å². The lowest BCUT2D eigenvalue weighted by Crippen LogP contribution is -2.35. The summed E-state index contributed by atoms with van der Waals surface area (Å²) in [5, 5.41) is 4.09. The van der Waals surface area contributed by atoms with Gasteiger partial charge in [0.15, 0.2) is 5.78 Å². The number of nitrogens with one attached hydrogen (secondary N) is 3. The third-order valence-corrected chi connectivity index (χ3v) is 2.75. The SMILES string of the molecule is CC(=O)/C(=N\Nc1cccc(C)c1)NNc1ccccc1. The number of anilines is 2. The molecule has 0 fully saturated rings. The topological polar surface area (TPSA) is 65.5 Å². The first-order chi connectivity index (χ1) is 10.1. The fourth-order valence-electron chi connectivity index (χ4n) is 1.68. The number of amidine groups is 1. The van der Waals surface area contributed by atoms with Gasteiger partial charge in [-0.15, -0.1) is 0 Å². The molecule has 2 aromatic carbocycles. The molecule has 21 heavy (non-hydrogen) atoms. The minimum absolute atomic E-state index is 0.168. The summed E-state index contributed by atoms with van der Waals surface area (Å²) < 4.78 is 0. The number of hydrogen-bond acceptors (Lipinski definition) is 4. The Labute approximate surface area is 124 Å². The third-order valence-electron chi connectivity index (χ3n) is 2.75. The molecule has 0 aromatic heterocycles. The number of benzene rings is 2. The Morgan fingerprint density at radius 2 is 1.71 bits per heavy atom. The zero-order valence-electron chi connectivity index (χ0n) is 12.1. The standard InChI is InChI=1S/C16H18N4O/c1-12-7-6-10-15(11-12)18-20-16(13(2)21)19-17-14-8-4-3-5-9-14/h3-11,17-18H,1-2H3,(H,19,20). The van der Waals surface area contributed by atoms with Crippen LogP contribution in [0.1, 0.15) is 12.5 Å². The van der Waals surface area contributed by atoms with Crippen LogP contribution in [0.3, 0.4) is 0 Å². The molecular weight excluding hydrogens is 264 g/mol. The van der Waals surface area contributed by atoms with Crippen molar-refractivity contribution in [2.75, 3.05) is 10.9 Å². The van der Waals surface area contributed by atoms with Gasteiger partial charge in [-0.3, -0.25) is 21.1 Å². The Bertz CT molecular complexity index is 638. The molecule has 0 atom stereocenters. The highest BCUT2D eigenvalue weighted by atomic mass is 16.1. The average Bonchev–Trinajstić information content (AvgIpc) is 2.48. The second kappa shape index (κ2) is 7.09. The van der Waals surface area contributed by atoms with Crippen LogP contribution in [0.4, 0.5) is 11.4 Å². The molecule has 0 bridgehead atoms. The Morgan fingerprint density at radius 1 is 1.00 bits per heavy atom. The molecule has 5 nitrogen and oxygen atoms in total. The number of hydrazine groups is 1. The zero-order valence-corrected chi connectivity index (χ0v) is 12.1. The summed E-state index contributed by atoms with van der Waals surface area (Å²) in [6, 6.07) is 17.3. The van der Waals surface area contributed by atoms with Gasteiger partial charge in [-0.05, 0) is 36.8 Å². The Kier molecular flexibility index (Phi) is 4.93. The summed E-state index contributed by atoms with van der Waals surface area (Å²) in [4.78, 5) is 11.6. The number of hydrazone groups is 1. The van der Waals surface area contributed by atoms with Crippen molar-refractivity contribution < 1.29 is 4.79 Å². The van der Waals surface area contributed by atoms with Gasteiger partial charge in [0.2, 0.25) is 5.84 Å². The molecule has 3 N–H and O–H groups in total. The predicted molar refractivity (Wildman–Crippen MR) is 86.1 cm³/mol. The van der Waals surface area contributed by atoms with Crippen molar-refractivity contribution >= 4 is 23.0 Å². The largest absolute Gasteiger partial charge is 0.299 e. The lowest BCUT2D eigenvalue weighted by Gasteiger charge is -2.10. The van der Waals surface area contributed by atoms with Crippen molar-refractivity contribution in [2.24, 2.45) is 5.10 Å². The number of Topliss-reactive ketones (excluding diaryl/α,β-unsaturated/α-hetero) is 1. The first-order valence-corrected chi connectivity index (χ1v) is 6.63. The van der Waals surface area contributed by atoms with Crippen LogP contribution in [0, 0.1) is 6.92 Å². The molecule has 0 heterocycles. The maximum absolute atomic E-state index is 11.6. The quantitative estimate of drug-likeness (QED) is 0.448. The summed E-state index contributed by atoms with van der Waals surface area (Å²) in [5.41, 5.74) is 11.4. The minimum Gasteiger partial charge on any atom is -0.299 e. The van der Waals surface area contributed by atoms with Crippen molar-refractivity contribution in [3.05, 3.63) is 60.2 Å². The molecule has 2 aromatic rings. The van der Waals surface area contributed by atoms with Crippen LogP contribution in [0.15, 0.2) is 59.7 Å². The van der Waals surface area contributed by atoms with Crippen LogP contribution in [-0.2, 0) is 4.79 Å². The molecule has 0 radical (unpaired) electrons. The van der Waals surface area contributed by atoms with Crippen LogP contribution in [0.25, 0.3) is 0 Å². The van der Waals surface area contributed by atoms with E-state index >= 15 is 0 Å². The van der Waals surface area contributed by atoms with Gasteiger partial charge in [-0.1, -0.05) is 30.3 Å². The van der Waals surface area contributed by atoms with E-state index in [-0.39, 0.29) is 11.6 Å². The van der Waals surface area contributed by atoms with Gasteiger partial charge in [0.05, 0.1) is 11.4 Å². The highest BCUT2D eigenvalue weighted by Crippen LogP contribution is 2.09. The van der Waals surface area contributed by atoms with E-state index in [1.165, 1.54) is 6.92 Å². The second-order valence-corrected chi connectivity index (χ2v) is 4.61. The number of carbonyl (C=O) groups is 1. The number of ketones is 1. The first-order valence-electron chi connectivity index (χ1n) is 6.63. The van der Waals surface area contributed by atoms with E-state index in [4.69, 9.17) is 0 Å². The zero-order chi connectivity index (χ0) is 15.1. The summed E-state index contributed by atoms with van der Waals surface area (Å²) in [6.45, 7) is 3.45. The van der Waals surface area contributed by atoms with Gasteiger partial charge in [0.25, 0.3) is 0 Å². The Hall–Kier alpha value is -2.82. The van der Waals surface area contributed by atoms with Crippen LogP contribution < -0.4 is 16.3 Å². The number of carbonyl (C=O) groups excluding carboxylic acids is 1. The Morgan fingerprint density at radius 3 is 2.38 bits per heavy atom. The smallest absolute Gasteiger partial charge is 0.207 e. The minimum atomic E-state index is -0.168. The maximum atomic E-state index is 11.6. The molecule has 108 valence electrons. The van der Waals surface area contributed by atoms with Crippen molar-refractivity contribution in [2.45, 2.75) is 13.8 Å². The maximum Gasteiger partial charge on any atom is 0.207 e. The number of rotatable bonds is 5. The van der Waals surface area contributed by atoms with Gasteiger partial charge in [-0.2, -0.15) is 5.10 Å². The van der Waals surface area contributed by atoms with E-state index in [0.29, 0.717) is 0 Å². The number of para-hydroxylation sites is 1. The van der Waals surface area contributed by atoms with Crippen molar-refractivity contribution in [1.82, 2.24) is 5.43 Å². The molecule has 0 aliphatic heterocycles. The van der Waals surface area contributed by atoms with E-state index in [2.05, 4.69) is 21.4 Å².